The summed E-state index contributed by atoms with van der Waals surface area (Å²) in [6, 6.07) is 0. The molecule has 0 heterocycles. The molecule has 1 amide bonds. The monoisotopic (exact) mass is 265 g/mol. The fraction of sp³-hybridized carbons (Fsp3) is 0.778. The summed E-state index contributed by atoms with van der Waals surface area (Å²) in [5, 5.41) is 2.82. The first-order valence-electron chi connectivity index (χ1n) is 4.51. The number of alkyl carbamates (subject to hydrolysis) is 1. The molecule has 82 valence electrons. The molecule has 0 fully saturated rings. The lowest BCUT2D eigenvalue weighted by Gasteiger charge is -2.29. The molecule has 4 nitrogen and oxygen atoms in total. The van der Waals surface area contributed by atoms with E-state index in [0.717, 1.165) is 0 Å². The van der Waals surface area contributed by atoms with Crippen LogP contribution in [-0.4, -0.2) is 29.9 Å². The van der Waals surface area contributed by atoms with Crippen LogP contribution in [0.25, 0.3) is 0 Å². The van der Waals surface area contributed by atoms with Crippen molar-refractivity contribution in [3.05, 3.63) is 0 Å². The van der Waals surface area contributed by atoms with E-state index in [1.54, 1.807) is 0 Å². The Balaban J connectivity index is 4.69. The molecule has 0 aromatic rings. The van der Waals surface area contributed by atoms with Crippen molar-refractivity contribution in [3.63, 3.8) is 0 Å². The van der Waals surface area contributed by atoms with E-state index in [1.165, 1.54) is 7.11 Å². The minimum absolute atomic E-state index is 0.0344. The molecule has 0 aromatic carbocycles. The third-order valence-corrected chi connectivity index (χ3v) is 2.90. The van der Waals surface area contributed by atoms with Crippen LogP contribution < -0.4 is 5.32 Å². The maximum absolute atomic E-state index is 11.6. The average molecular weight is 266 g/mol. The number of rotatable bonds is 5. The fourth-order valence-electron chi connectivity index (χ4n) is 1.27. The van der Waals surface area contributed by atoms with Crippen molar-refractivity contribution in [1.82, 2.24) is 5.32 Å². The smallest absolute Gasteiger partial charge is 0.407 e. The second kappa shape index (κ2) is 6.01. The highest BCUT2D eigenvalue weighted by Crippen LogP contribution is 2.17. The molecular formula is C9H16BrNO3. The maximum Gasteiger partial charge on any atom is 0.407 e. The highest BCUT2D eigenvalue weighted by atomic mass is 79.9. The molecule has 0 atom stereocenters. The SMILES string of the molecule is CCC(CC)(NC(=O)OC)C(=O)CBr. The lowest BCUT2D eigenvalue weighted by Crippen LogP contribution is -2.54. The van der Waals surface area contributed by atoms with Gasteiger partial charge >= 0.3 is 6.09 Å². The molecule has 0 aliphatic heterocycles. The zero-order valence-electron chi connectivity index (χ0n) is 8.72. The van der Waals surface area contributed by atoms with Crippen molar-refractivity contribution in [2.45, 2.75) is 32.2 Å². The highest BCUT2D eigenvalue weighted by molar-refractivity contribution is 9.09. The lowest BCUT2D eigenvalue weighted by molar-refractivity contribution is -0.122. The van der Waals surface area contributed by atoms with Gasteiger partial charge in [-0.3, -0.25) is 4.79 Å². The van der Waals surface area contributed by atoms with E-state index in [9.17, 15) is 9.59 Å². The van der Waals surface area contributed by atoms with Gasteiger partial charge in [0, 0.05) is 0 Å². The number of hydrogen-bond acceptors (Lipinski definition) is 3. The summed E-state index contributed by atoms with van der Waals surface area (Å²) >= 11 is 3.10. The van der Waals surface area contributed by atoms with Crippen LogP contribution in [0.4, 0.5) is 4.79 Å². The number of nitrogens with one attached hydrogen (secondary N) is 1. The first kappa shape index (κ1) is 13.4. The summed E-state index contributed by atoms with van der Waals surface area (Å²) in [5.74, 6) is -0.0344. The minimum atomic E-state index is -0.795. The van der Waals surface area contributed by atoms with Gasteiger partial charge < -0.3 is 10.1 Å². The molecule has 0 saturated heterocycles. The fourth-order valence-corrected chi connectivity index (χ4v) is 1.80. The minimum Gasteiger partial charge on any atom is -0.453 e. The van der Waals surface area contributed by atoms with Crippen molar-refractivity contribution in [2.75, 3.05) is 12.4 Å². The Morgan fingerprint density at radius 2 is 1.86 bits per heavy atom. The van der Waals surface area contributed by atoms with Crippen LogP contribution >= 0.6 is 15.9 Å². The molecule has 0 aromatic heterocycles. The van der Waals surface area contributed by atoms with Crippen LogP contribution in [-0.2, 0) is 9.53 Å². The molecular weight excluding hydrogens is 250 g/mol. The van der Waals surface area contributed by atoms with Crippen LogP contribution in [0.2, 0.25) is 0 Å². The summed E-state index contributed by atoms with van der Waals surface area (Å²) < 4.78 is 4.49. The van der Waals surface area contributed by atoms with E-state index in [1.807, 2.05) is 13.8 Å². The van der Waals surface area contributed by atoms with Crippen molar-refractivity contribution in [3.8, 4) is 0 Å². The van der Waals surface area contributed by atoms with E-state index >= 15 is 0 Å². The largest absolute Gasteiger partial charge is 0.453 e. The Morgan fingerprint density at radius 1 is 1.36 bits per heavy atom. The van der Waals surface area contributed by atoms with Gasteiger partial charge in [-0.2, -0.15) is 0 Å². The predicted octanol–water partition coefficient (Wildman–Crippen LogP) is 1.87. The van der Waals surface area contributed by atoms with Gasteiger partial charge in [-0.1, -0.05) is 29.8 Å². The molecule has 0 aliphatic rings. The maximum atomic E-state index is 11.6. The predicted molar refractivity (Wildman–Crippen MR) is 57.7 cm³/mol. The van der Waals surface area contributed by atoms with E-state index in [0.29, 0.717) is 12.8 Å². The number of Topliss-reactive ketones (excluding diaryl/α,β-unsaturated/α-hetero) is 1. The summed E-state index contributed by atoms with van der Waals surface area (Å²) in [4.78, 5) is 22.7. The number of alkyl halides is 1. The van der Waals surface area contributed by atoms with Gasteiger partial charge in [0.05, 0.1) is 12.4 Å². The van der Waals surface area contributed by atoms with Crippen molar-refractivity contribution in [1.29, 1.82) is 0 Å². The number of carbonyl (C=O) groups is 2. The third kappa shape index (κ3) is 2.97. The van der Waals surface area contributed by atoms with Gasteiger partial charge in [0.15, 0.2) is 5.78 Å². The Morgan fingerprint density at radius 3 is 2.14 bits per heavy atom. The van der Waals surface area contributed by atoms with Crippen molar-refractivity contribution >= 4 is 27.8 Å². The van der Waals surface area contributed by atoms with Gasteiger partial charge in [-0.25, -0.2) is 4.79 Å². The number of ether oxygens (including phenoxy) is 1. The number of methoxy groups -OCH3 is 1. The third-order valence-electron chi connectivity index (χ3n) is 2.39. The molecule has 0 aliphatic carbocycles. The zero-order chi connectivity index (χ0) is 11.2. The second-order valence-corrected chi connectivity index (χ2v) is 3.52. The molecule has 0 rings (SSSR count). The van der Waals surface area contributed by atoms with Crippen LogP contribution in [0, 0.1) is 0 Å². The van der Waals surface area contributed by atoms with E-state index in [4.69, 9.17) is 0 Å². The van der Waals surface area contributed by atoms with Crippen LogP contribution in [0.1, 0.15) is 26.7 Å². The molecule has 5 heteroatoms. The number of amides is 1. The first-order chi connectivity index (χ1) is 6.56. The molecule has 0 spiro atoms. The molecule has 0 saturated carbocycles. The van der Waals surface area contributed by atoms with Crippen molar-refractivity contribution in [2.24, 2.45) is 0 Å². The standard InChI is InChI=1S/C9H16BrNO3/c1-4-9(5-2,7(12)6-10)11-8(13)14-3/h4-6H2,1-3H3,(H,11,13). The highest BCUT2D eigenvalue weighted by Gasteiger charge is 2.35. The lowest BCUT2D eigenvalue weighted by atomic mass is 9.89. The van der Waals surface area contributed by atoms with E-state index in [-0.39, 0.29) is 11.1 Å². The second-order valence-electron chi connectivity index (χ2n) is 2.96. The molecule has 1 N–H and O–H groups in total. The van der Waals surface area contributed by atoms with Gasteiger partial charge in [0.1, 0.15) is 5.54 Å². The first-order valence-corrected chi connectivity index (χ1v) is 5.63. The molecule has 0 bridgehead atoms. The van der Waals surface area contributed by atoms with Crippen molar-refractivity contribution < 1.29 is 14.3 Å². The number of carbonyl (C=O) groups excluding carboxylic acids is 2. The average Bonchev–Trinajstić information content (AvgIpc) is 2.24. The Kier molecular flexibility index (Phi) is 5.76. The Bertz CT molecular complexity index is 214. The number of hydrogen-bond donors (Lipinski definition) is 1. The molecule has 0 unspecified atom stereocenters. The summed E-state index contributed by atoms with van der Waals surface area (Å²) in [6.45, 7) is 3.72. The van der Waals surface area contributed by atoms with Crippen LogP contribution in [0.15, 0.2) is 0 Å². The Hall–Kier alpha value is -0.580. The number of ketones is 1. The van der Waals surface area contributed by atoms with E-state index < -0.39 is 11.6 Å². The summed E-state index contributed by atoms with van der Waals surface area (Å²) in [7, 11) is 1.28. The van der Waals surface area contributed by atoms with E-state index in [2.05, 4.69) is 26.0 Å². The van der Waals surface area contributed by atoms with Crippen LogP contribution in [0.5, 0.6) is 0 Å². The van der Waals surface area contributed by atoms with Gasteiger partial charge in [-0.15, -0.1) is 0 Å². The zero-order valence-corrected chi connectivity index (χ0v) is 10.3. The topological polar surface area (TPSA) is 55.4 Å². The van der Waals surface area contributed by atoms with Gasteiger partial charge in [0.2, 0.25) is 0 Å². The molecule has 0 radical (unpaired) electrons. The quantitative estimate of drug-likeness (QED) is 0.773. The van der Waals surface area contributed by atoms with Crippen LogP contribution in [0.3, 0.4) is 0 Å². The van der Waals surface area contributed by atoms with Gasteiger partial charge in [-0.05, 0) is 12.8 Å². The summed E-state index contributed by atoms with van der Waals surface area (Å²) in [6.07, 6.45) is 0.550. The molecule has 14 heavy (non-hydrogen) atoms. The Labute approximate surface area is 92.5 Å². The normalized spacial score (nSPS) is 10.9. The summed E-state index contributed by atoms with van der Waals surface area (Å²) in [5.41, 5.74) is -0.795. The number of halogens is 1. The van der Waals surface area contributed by atoms with Gasteiger partial charge in [0.25, 0.3) is 0 Å².